The van der Waals surface area contributed by atoms with Crippen molar-refractivity contribution >= 4 is 5.97 Å². The summed E-state index contributed by atoms with van der Waals surface area (Å²) in [7, 11) is 0. The smallest absolute Gasteiger partial charge is 0.305 e. The van der Waals surface area contributed by atoms with E-state index in [-0.39, 0.29) is 12.6 Å². The molecule has 0 aromatic carbocycles. The third-order valence-corrected chi connectivity index (χ3v) is 5.19. The Labute approximate surface area is 110 Å². The average molecular weight is 249 g/mol. The lowest BCUT2D eigenvalue weighted by molar-refractivity contribution is -0.144. The van der Waals surface area contributed by atoms with Crippen molar-refractivity contribution in [2.75, 3.05) is 6.61 Å². The Bertz CT molecular complexity index is 356. The summed E-state index contributed by atoms with van der Waals surface area (Å²) in [6.45, 7) is 4.97. The molecule has 2 aliphatic rings. The summed E-state index contributed by atoms with van der Waals surface area (Å²) >= 11 is 0. The first kappa shape index (κ1) is 13.4. The van der Waals surface area contributed by atoms with Crippen molar-refractivity contribution in [3.05, 3.63) is 0 Å². The van der Waals surface area contributed by atoms with Gasteiger partial charge in [0.15, 0.2) is 0 Å². The zero-order valence-corrected chi connectivity index (χ0v) is 11.4. The van der Waals surface area contributed by atoms with Gasteiger partial charge in [0.05, 0.1) is 12.5 Å². The molecule has 0 radical (unpaired) electrons. The summed E-state index contributed by atoms with van der Waals surface area (Å²) < 4.78 is 5.03. The van der Waals surface area contributed by atoms with E-state index < -0.39 is 0 Å². The first-order valence-corrected chi connectivity index (χ1v) is 7.08. The van der Waals surface area contributed by atoms with Crippen LogP contribution in [0, 0.1) is 34.5 Å². The van der Waals surface area contributed by atoms with E-state index in [2.05, 4.69) is 13.8 Å². The highest BCUT2D eigenvalue weighted by atomic mass is 16.5. The van der Waals surface area contributed by atoms with Crippen LogP contribution in [-0.4, -0.2) is 12.6 Å². The summed E-state index contributed by atoms with van der Waals surface area (Å²) in [6, 6.07) is 1.98. The molecule has 2 fully saturated rings. The third-order valence-electron chi connectivity index (χ3n) is 5.19. The Morgan fingerprint density at radius 1 is 1.44 bits per heavy atom. The van der Waals surface area contributed by atoms with E-state index in [1.165, 1.54) is 19.3 Å². The molecule has 0 aromatic rings. The van der Waals surface area contributed by atoms with Crippen molar-refractivity contribution < 1.29 is 9.53 Å². The molecule has 2 aliphatic carbocycles. The van der Waals surface area contributed by atoms with Crippen molar-refractivity contribution in [1.82, 2.24) is 0 Å². The zero-order chi connectivity index (χ0) is 13.2. The van der Waals surface area contributed by atoms with Crippen LogP contribution in [0.25, 0.3) is 0 Å². The number of hydrogen-bond acceptors (Lipinski definition) is 3. The molecule has 3 atom stereocenters. The fraction of sp³-hybridized carbons (Fsp3) is 0.867. The molecule has 0 spiro atoms. The van der Waals surface area contributed by atoms with E-state index in [0.29, 0.717) is 24.2 Å². The van der Waals surface area contributed by atoms with Gasteiger partial charge in [-0.3, -0.25) is 4.79 Å². The lowest BCUT2D eigenvalue weighted by Crippen LogP contribution is -2.31. The Hall–Kier alpha value is -1.04. The molecule has 18 heavy (non-hydrogen) atoms. The fourth-order valence-electron chi connectivity index (χ4n) is 4.13. The van der Waals surface area contributed by atoms with Crippen LogP contribution in [0.15, 0.2) is 0 Å². The largest absolute Gasteiger partial charge is 0.465 e. The highest BCUT2D eigenvalue weighted by Crippen LogP contribution is 2.60. The first-order chi connectivity index (χ1) is 8.55. The molecule has 2 saturated carbocycles. The number of fused-ring (bicyclic) bond motifs is 2. The number of rotatable bonds is 5. The van der Waals surface area contributed by atoms with E-state index in [0.717, 1.165) is 18.3 Å². The van der Waals surface area contributed by atoms with Gasteiger partial charge in [0.25, 0.3) is 0 Å². The van der Waals surface area contributed by atoms with E-state index >= 15 is 0 Å². The van der Waals surface area contributed by atoms with Crippen LogP contribution >= 0.6 is 0 Å². The van der Waals surface area contributed by atoms with Gasteiger partial charge < -0.3 is 4.74 Å². The van der Waals surface area contributed by atoms with E-state index in [9.17, 15) is 4.79 Å². The molecule has 2 rings (SSSR count). The number of carbonyl (C=O) groups excluding carboxylic acids is 1. The number of ether oxygens (including phenoxy) is 1. The summed E-state index contributed by atoms with van der Waals surface area (Å²) in [5.41, 5.74) is 0.399. The molecule has 2 bridgehead atoms. The third kappa shape index (κ3) is 2.53. The fourth-order valence-corrected chi connectivity index (χ4v) is 4.13. The Morgan fingerprint density at radius 2 is 2.22 bits per heavy atom. The normalized spacial score (nSPS) is 32.2. The van der Waals surface area contributed by atoms with Gasteiger partial charge in [-0.1, -0.05) is 13.8 Å². The van der Waals surface area contributed by atoms with Gasteiger partial charge in [-0.25, -0.2) is 0 Å². The summed E-state index contributed by atoms with van der Waals surface area (Å²) in [5.74, 6) is 2.24. The Morgan fingerprint density at radius 3 is 2.83 bits per heavy atom. The maximum absolute atomic E-state index is 11.6. The van der Waals surface area contributed by atoms with Gasteiger partial charge in [0.2, 0.25) is 0 Å². The molecule has 3 heteroatoms. The summed E-state index contributed by atoms with van der Waals surface area (Å²) in [5, 5.41) is 8.38. The van der Waals surface area contributed by atoms with Crippen LogP contribution in [0.4, 0.5) is 0 Å². The minimum absolute atomic E-state index is 0.135. The summed E-state index contributed by atoms with van der Waals surface area (Å²) in [4.78, 5) is 11.6. The number of nitrogens with zero attached hydrogens (tertiary/aromatic N) is 1. The predicted octanol–water partition coefficient (Wildman–Crippen LogP) is 3.30. The molecule has 3 unspecified atom stereocenters. The van der Waals surface area contributed by atoms with Crippen LogP contribution in [0.5, 0.6) is 0 Å². The van der Waals surface area contributed by atoms with E-state index in [1.54, 1.807) is 0 Å². The lowest BCUT2D eigenvalue weighted by atomic mass is 9.67. The van der Waals surface area contributed by atoms with Gasteiger partial charge in [-0.05, 0) is 48.9 Å². The van der Waals surface area contributed by atoms with Crippen LogP contribution in [0.3, 0.4) is 0 Å². The second-order valence-corrected chi connectivity index (χ2v) is 6.37. The first-order valence-electron chi connectivity index (χ1n) is 7.08. The minimum atomic E-state index is -0.135. The topological polar surface area (TPSA) is 50.1 Å². The maximum atomic E-state index is 11.6. The molecule has 100 valence electrons. The highest BCUT2D eigenvalue weighted by Gasteiger charge is 2.52. The number of hydrogen-bond donors (Lipinski definition) is 0. The zero-order valence-electron chi connectivity index (χ0n) is 11.4. The van der Waals surface area contributed by atoms with Gasteiger partial charge in [-0.15, -0.1) is 0 Å². The molecule has 0 amide bonds. The highest BCUT2D eigenvalue weighted by molar-refractivity contribution is 5.69. The van der Waals surface area contributed by atoms with E-state index in [1.807, 2.05) is 6.07 Å². The monoisotopic (exact) mass is 249 g/mol. The van der Waals surface area contributed by atoms with Gasteiger partial charge in [0.1, 0.15) is 6.61 Å². The quantitative estimate of drug-likeness (QED) is 0.555. The molecule has 0 aliphatic heterocycles. The minimum Gasteiger partial charge on any atom is -0.465 e. The van der Waals surface area contributed by atoms with Gasteiger partial charge in [-0.2, -0.15) is 5.26 Å². The van der Waals surface area contributed by atoms with Crippen LogP contribution in [0.2, 0.25) is 0 Å². The average Bonchev–Trinajstić information content (AvgIpc) is 2.86. The predicted molar refractivity (Wildman–Crippen MR) is 68.5 cm³/mol. The standard InChI is InChI=1S/C15H23NO2/c1-15(2)12-5-4-11(10-12)13(15)6-7-14(17)18-9-3-8-16/h11-13H,3-7,9-10H2,1-2H3. The van der Waals surface area contributed by atoms with E-state index in [4.69, 9.17) is 10.00 Å². The Balaban J connectivity index is 1.77. The van der Waals surface area contributed by atoms with Crippen molar-refractivity contribution in [2.45, 2.75) is 52.4 Å². The Kier molecular flexibility index (Phi) is 3.94. The van der Waals surface area contributed by atoms with Crippen LogP contribution in [0.1, 0.15) is 52.4 Å². The maximum Gasteiger partial charge on any atom is 0.305 e. The molecule has 0 N–H and O–H groups in total. The molecular formula is C15H23NO2. The van der Waals surface area contributed by atoms with Crippen molar-refractivity contribution in [3.63, 3.8) is 0 Å². The lowest BCUT2D eigenvalue weighted by Gasteiger charge is -2.38. The molecule has 0 aromatic heterocycles. The van der Waals surface area contributed by atoms with Crippen LogP contribution in [-0.2, 0) is 9.53 Å². The van der Waals surface area contributed by atoms with Crippen molar-refractivity contribution in [3.8, 4) is 6.07 Å². The van der Waals surface area contributed by atoms with Crippen molar-refractivity contribution in [1.29, 1.82) is 5.26 Å². The molecule has 3 nitrogen and oxygen atoms in total. The summed E-state index contributed by atoms with van der Waals surface area (Å²) in [6.07, 6.45) is 5.86. The van der Waals surface area contributed by atoms with Crippen molar-refractivity contribution in [2.24, 2.45) is 23.2 Å². The number of nitriles is 1. The second kappa shape index (κ2) is 5.30. The van der Waals surface area contributed by atoms with Gasteiger partial charge in [0, 0.05) is 6.42 Å². The second-order valence-electron chi connectivity index (χ2n) is 6.37. The van der Waals surface area contributed by atoms with Crippen LogP contribution < -0.4 is 0 Å². The number of carbonyl (C=O) groups is 1. The van der Waals surface area contributed by atoms with Gasteiger partial charge >= 0.3 is 5.97 Å². The number of esters is 1. The molecule has 0 saturated heterocycles. The molecular weight excluding hydrogens is 226 g/mol. The molecule has 0 heterocycles. The SMILES string of the molecule is CC1(C)C2CCC(C2)C1CCC(=O)OCCC#N.